The van der Waals surface area contributed by atoms with E-state index in [1.54, 1.807) is 6.07 Å². The summed E-state index contributed by atoms with van der Waals surface area (Å²) in [5, 5.41) is 8.20. The monoisotopic (exact) mass is 933 g/mol. The number of benzene rings is 3. The summed E-state index contributed by atoms with van der Waals surface area (Å²) in [5.74, 6) is 0.819. The van der Waals surface area contributed by atoms with Crippen LogP contribution in [0.1, 0.15) is 102 Å². The first-order valence-electron chi connectivity index (χ1n) is 24.8. The third kappa shape index (κ3) is 8.93. The summed E-state index contributed by atoms with van der Waals surface area (Å²) >= 11 is 0. The minimum atomic E-state index is -0.965. The zero-order valence-electron chi connectivity index (χ0n) is 38.9. The molecular weight excluding hydrogens is 875 g/mol. The molecule has 3 N–H and O–H groups in total. The first kappa shape index (κ1) is 44.8. The van der Waals surface area contributed by atoms with Crippen molar-refractivity contribution in [2.75, 3.05) is 64.6 Å². The van der Waals surface area contributed by atoms with E-state index in [2.05, 4.69) is 34.6 Å². The molecule has 2 aromatic heterocycles. The number of amides is 6. The van der Waals surface area contributed by atoms with Gasteiger partial charge in [-0.05, 0) is 143 Å². The van der Waals surface area contributed by atoms with E-state index in [4.69, 9.17) is 20.6 Å². The molecule has 358 valence electrons. The molecule has 6 aliphatic heterocycles. The van der Waals surface area contributed by atoms with Gasteiger partial charge in [0.25, 0.3) is 11.8 Å². The zero-order valence-corrected chi connectivity index (χ0v) is 38.9. The van der Waals surface area contributed by atoms with Gasteiger partial charge in [-0.1, -0.05) is 24.3 Å². The van der Waals surface area contributed by atoms with Crippen LogP contribution in [0.5, 0.6) is 11.5 Å². The maximum absolute atomic E-state index is 13.9. The maximum Gasteiger partial charge on any atom is 0.319 e. The highest BCUT2D eigenvalue weighted by molar-refractivity contribution is 6.23. The van der Waals surface area contributed by atoms with Gasteiger partial charge in [-0.3, -0.25) is 34.3 Å². The number of nitrogen functional groups attached to an aromatic ring is 1. The van der Waals surface area contributed by atoms with Crippen LogP contribution >= 0.6 is 0 Å². The zero-order chi connectivity index (χ0) is 47.2. The summed E-state index contributed by atoms with van der Waals surface area (Å²) in [4.78, 5) is 84.0. The number of nitrogens with zero attached hydrogens (tertiary/aromatic N) is 9. The molecular formula is C52H59N11O6. The summed E-state index contributed by atoms with van der Waals surface area (Å²) in [7, 11) is 0. The summed E-state index contributed by atoms with van der Waals surface area (Å²) in [6.07, 6.45) is 9.60. The van der Waals surface area contributed by atoms with Gasteiger partial charge < -0.3 is 25.2 Å². The van der Waals surface area contributed by atoms with E-state index in [0.29, 0.717) is 28.9 Å². The van der Waals surface area contributed by atoms with Crippen molar-refractivity contribution in [2.45, 2.75) is 88.3 Å². The highest BCUT2D eigenvalue weighted by atomic mass is 16.5. The van der Waals surface area contributed by atoms with Gasteiger partial charge >= 0.3 is 6.03 Å². The number of hydrogen-bond acceptors (Lipinski definition) is 12. The smallest absolute Gasteiger partial charge is 0.319 e. The molecule has 3 aromatic carbocycles. The molecule has 6 aliphatic rings. The Labute approximate surface area is 400 Å². The molecule has 11 rings (SSSR count). The predicted molar refractivity (Wildman–Crippen MR) is 257 cm³/mol. The van der Waals surface area contributed by atoms with Crippen LogP contribution in [0.3, 0.4) is 0 Å². The molecule has 0 saturated carbocycles. The Balaban J connectivity index is 0.639. The third-order valence-corrected chi connectivity index (χ3v) is 15.6. The number of fused-ring (bicyclic) bond motifs is 2. The quantitative estimate of drug-likeness (QED) is 0.162. The number of piperidine rings is 5. The van der Waals surface area contributed by atoms with Crippen molar-refractivity contribution >= 4 is 46.5 Å². The molecule has 0 radical (unpaired) electrons. The van der Waals surface area contributed by atoms with Crippen LogP contribution in [-0.4, -0.2) is 145 Å². The van der Waals surface area contributed by atoms with Crippen molar-refractivity contribution in [3.8, 4) is 22.8 Å². The first-order valence-corrected chi connectivity index (χ1v) is 24.8. The average Bonchev–Trinajstić information content (AvgIpc) is 3.89. The second-order valence-corrected chi connectivity index (χ2v) is 19.7. The second-order valence-electron chi connectivity index (χ2n) is 19.7. The molecule has 0 aliphatic carbocycles. The summed E-state index contributed by atoms with van der Waals surface area (Å²) in [6, 6.07) is 22.9. The third-order valence-electron chi connectivity index (χ3n) is 15.6. The average molecular weight is 934 g/mol. The van der Waals surface area contributed by atoms with Crippen LogP contribution < -0.4 is 15.8 Å². The number of nitrogens with one attached hydrogen (secondary N) is 1. The van der Waals surface area contributed by atoms with Crippen molar-refractivity contribution in [3.63, 3.8) is 0 Å². The molecule has 5 fully saturated rings. The Hall–Kier alpha value is -6.72. The predicted octanol–water partition coefficient (Wildman–Crippen LogP) is 6.08. The van der Waals surface area contributed by atoms with E-state index in [1.807, 2.05) is 66.7 Å². The fourth-order valence-corrected chi connectivity index (χ4v) is 11.8. The Bertz CT molecular complexity index is 2760. The Morgan fingerprint density at radius 3 is 2.17 bits per heavy atom. The summed E-state index contributed by atoms with van der Waals surface area (Å²) < 4.78 is 8.11. The van der Waals surface area contributed by atoms with Gasteiger partial charge in [-0.2, -0.15) is 5.10 Å². The molecule has 17 heteroatoms. The number of carbonyl (C=O) groups is 5. The van der Waals surface area contributed by atoms with Gasteiger partial charge in [0.05, 0.1) is 22.6 Å². The number of urea groups is 1. The largest absolute Gasteiger partial charge is 0.457 e. The molecule has 0 spiro atoms. The standard InChI is InChI=1S/C52H59N11O6/c53-47-45-46(35-8-11-40(12-9-35)69-39-6-2-1-3-7-39)57-63(48(45)55-32-54-47)38-5-4-22-61(31-38)37-20-27-60(28-21-37)52(68)59-25-16-33(17-26-59)30-58-23-18-34(19-24-58)36-10-13-41-42(29-36)51(67)62(50(41)66)43-14-15-44(64)56-49(43)65/h1-3,6-13,29,32-34,37-38,43H,4-5,14-28,30-31H2,(H2,53,54,55)(H,56,64,65)/t38-,43?/m1/s1. The van der Waals surface area contributed by atoms with Crippen molar-refractivity contribution in [1.82, 2.24) is 49.6 Å². The van der Waals surface area contributed by atoms with Crippen molar-refractivity contribution < 1.29 is 28.7 Å². The lowest BCUT2D eigenvalue weighted by Gasteiger charge is -2.44. The molecule has 5 aromatic rings. The lowest BCUT2D eigenvalue weighted by atomic mass is 9.87. The molecule has 17 nitrogen and oxygen atoms in total. The number of likely N-dealkylation sites (tertiary alicyclic amines) is 4. The van der Waals surface area contributed by atoms with E-state index in [-0.39, 0.29) is 36.7 Å². The Morgan fingerprint density at radius 2 is 1.43 bits per heavy atom. The fraction of sp³-hybridized carbons (Fsp3) is 0.462. The van der Waals surface area contributed by atoms with Crippen LogP contribution in [-0.2, 0) is 9.59 Å². The number of ether oxygens (including phenoxy) is 1. The van der Waals surface area contributed by atoms with E-state index in [9.17, 15) is 24.0 Å². The molecule has 69 heavy (non-hydrogen) atoms. The van der Waals surface area contributed by atoms with Crippen LogP contribution in [0.2, 0.25) is 0 Å². The minimum absolute atomic E-state index is 0.0972. The van der Waals surface area contributed by atoms with Crippen molar-refractivity contribution in [1.29, 1.82) is 0 Å². The maximum atomic E-state index is 13.9. The number of aromatic nitrogens is 4. The van der Waals surface area contributed by atoms with E-state index in [0.717, 1.165) is 155 Å². The van der Waals surface area contributed by atoms with Crippen LogP contribution in [0, 0.1) is 5.92 Å². The lowest BCUT2D eigenvalue weighted by Crippen LogP contribution is -2.54. The van der Waals surface area contributed by atoms with Crippen LogP contribution in [0.25, 0.3) is 22.3 Å². The molecule has 5 saturated heterocycles. The number of anilines is 1. The van der Waals surface area contributed by atoms with Crippen molar-refractivity contribution in [2.24, 2.45) is 5.92 Å². The number of para-hydroxylation sites is 1. The molecule has 6 amide bonds. The summed E-state index contributed by atoms with van der Waals surface area (Å²) in [6.45, 7) is 7.88. The van der Waals surface area contributed by atoms with Gasteiger partial charge in [0.1, 0.15) is 35.4 Å². The topological polar surface area (TPSA) is 192 Å². The van der Waals surface area contributed by atoms with Crippen molar-refractivity contribution in [3.05, 3.63) is 95.8 Å². The summed E-state index contributed by atoms with van der Waals surface area (Å²) in [5.41, 5.74) is 10.6. The van der Waals surface area contributed by atoms with E-state index in [1.165, 1.54) is 6.33 Å². The van der Waals surface area contributed by atoms with E-state index < -0.39 is 23.8 Å². The number of hydrogen-bond donors (Lipinski definition) is 2. The second kappa shape index (κ2) is 19.0. The minimum Gasteiger partial charge on any atom is -0.457 e. The normalized spacial score (nSPS) is 22.6. The first-order chi connectivity index (χ1) is 33.6. The van der Waals surface area contributed by atoms with Gasteiger partial charge in [0, 0.05) is 57.3 Å². The lowest BCUT2D eigenvalue weighted by molar-refractivity contribution is -0.136. The molecule has 1 unspecified atom stereocenters. The Kier molecular flexibility index (Phi) is 12.3. The van der Waals surface area contributed by atoms with Gasteiger partial charge in [0.15, 0.2) is 5.65 Å². The number of rotatable bonds is 9. The van der Waals surface area contributed by atoms with Gasteiger partial charge in [-0.15, -0.1) is 0 Å². The van der Waals surface area contributed by atoms with E-state index >= 15 is 0 Å². The Morgan fingerprint density at radius 1 is 0.725 bits per heavy atom. The highest BCUT2D eigenvalue weighted by Crippen LogP contribution is 2.37. The molecule has 2 atom stereocenters. The highest BCUT2D eigenvalue weighted by Gasteiger charge is 2.45. The number of nitrogens with two attached hydrogens (primary N) is 1. The number of imide groups is 2. The van der Waals surface area contributed by atoms with Crippen LogP contribution in [0.15, 0.2) is 79.1 Å². The number of carbonyl (C=O) groups excluding carboxylic acids is 5. The van der Waals surface area contributed by atoms with Gasteiger partial charge in [0.2, 0.25) is 11.8 Å². The molecule has 8 heterocycles. The molecule has 0 bridgehead atoms. The SMILES string of the molecule is Nc1ncnc2c1c(-c1ccc(Oc3ccccc3)cc1)nn2[C@@H]1CCCN(C2CCN(C(=O)N3CCC(CN4CCC(c5ccc6c(c5)C(=O)N(C5CCC(=O)NC5=O)C6=O)CC4)CC3)CC2)C1. The van der Waals surface area contributed by atoms with Crippen LogP contribution in [0.4, 0.5) is 10.6 Å². The fourth-order valence-electron chi connectivity index (χ4n) is 11.8. The van der Waals surface area contributed by atoms with Gasteiger partial charge in [-0.25, -0.2) is 19.4 Å².